The van der Waals surface area contributed by atoms with Gasteiger partial charge in [0, 0.05) is 38.0 Å². The predicted octanol–water partition coefficient (Wildman–Crippen LogP) is 16.2. The second-order valence-electron chi connectivity index (χ2n) is 25.6. The summed E-state index contributed by atoms with van der Waals surface area (Å²) in [4.78, 5) is 0. The van der Waals surface area contributed by atoms with Crippen LogP contribution in [0.4, 0.5) is 0 Å². The van der Waals surface area contributed by atoms with Crippen LogP contribution < -0.4 is 16.4 Å². The van der Waals surface area contributed by atoms with Crippen molar-refractivity contribution in [2.75, 3.05) is 0 Å². The monoisotopic (exact) mass is 940 g/mol. The lowest BCUT2D eigenvalue weighted by Gasteiger charge is -2.31. The summed E-state index contributed by atoms with van der Waals surface area (Å²) in [6.45, 7) is 37.5. The minimum absolute atomic E-state index is 0.0182. The van der Waals surface area contributed by atoms with Crippen LogP contribution in [0.15, 0.2) is 133 Å². The maximum absolute atomic E-state index is 2.60. The van der Waals surface area contributed by atoms with E-state index in [-0.39, 0.29) is 28.4 Å². The van der Waals surface area contributed by atoms with Crippen molar-refractivity contribution in [1.29, 1.82) is 0 Å². The quantitative estimate of drug-likeness (QED) is 0.157. The van der Waals surface area contributed by atoms with Crippen LogP contribution >= 0.6 is 0 Å². The number of hydrogen-bond acceptors (Lipinski definition) is 0. The van der Waals surface area contributed by atoms with E-state index >= 15 is 0 Å². The van der Waals surface area contributed by atoms with Crippen LogP contribution in [-0.4, -0.2) is 20.4 Å². The highest BCUT2D eigenvalue weighted by Crippen LogP contribution is 2.44. The summed E-state index contributed by atoms with van der Waals surface area (Å²) in [7, 11) is 0. The Bertz CT molecular complexity index is 3940. The molecule has 0 unspecified atom stereocenters. The molecule has 1 aliphatic heterocycles. The first-order valence-corrected chi connectivity index (χ1v) is 26.4. The standard InChI is InChI=1S/C68H70BN3/c1-39-41(3)63(71-57-32-27-45(67(11,12)13)37-50(57)51-38-46(68(14,15)16)28-33-58(51)71)42(4)40(2)62(39)69-52-22-18-20-24-59(52)72-54-23-19-17-21-47(54)61-60(34-29-53(69)64(61)72)70-55-30-25-43(65(5,6)7)35-48(55)49-36-44(66(8,9)10)26-31-56(49)70/h17-38H,1-16H3. The van der Waals surface area contributed by atoms with Gasteiger partial charge >= 0.3 is 0 Å². The van der Waals surface area contributed by atoms with Gasteiger partial charge in [-0.05, 0) is 160 Å². The highest BCUT2D eigenvalue weighted by Gasteiger charge is 2.38. The van der Waals surface area contributed by atoms with E-state index in [9.17, 15) is 0 Å². The lowest BCUT2D eigenvalue weighted by atomic mass is 9.34. The molecule has 11 aromatic rings. The van der Waals surface area contributed by atoms with Gasteiger partial charge in [-0.1, -0.05) is 166 Å². The lowest BCUT2D eigenvalue weighted by molar-refractivity contribution is 0.590. The largest absolute Gasteiger partial charge is 0.310 e. The van der Waals surface area contributed by atoms with Gasteiger partial charge in [0.2, 0.25) is 6.71 Å². The molecule has 3 aromatic heterocycles. The third-order valence-electron chi connectivity index (χ3n) is 17.0. The molecule has 0 fully saturated rings. The summed E-state index contributed by atoms with van der Waals surface area (Å²) < 4.78 is 7.76. The molecule has 0 amide bonds. The Morgan fingerprint density at radius 2 is 0.736 bits per heavy atom. The van der Waals surface area contributed by atoms with E-state index in [1.807, 2.05) is 0 Å². The molecule has 4 heterocycles. The average molecular weight is 940 g/mol. The van der Waals surface area contributed by atoms with Crippen LogP contribution in [-0.2, 0) is 21.7 Å². The van der Waals surface area contributed by atoms with Gasteiger partial charge in [0.1, 0.15) is 0 Å². The Hall–Kier alpha value is -6.78. The van der Waals surface area contributed by atoms with Crippen LogP contribution in [0.3, 0.4) is 0 Å². The maximum atomic E-state index is 2.60. The topological polar surface area (TPSA) is 14.8 Å². The summed E-state index contributed by atoms with van der Waals surface area (Å²) in [5.74, 6) is 0. The van der Waals surface area contributed by atoms with Gasteiger partial charge in [0.05, 0.1) is 44.5 Å². The van der Waals surface area contributed by atoms with E-state index in [0.29, 0.717) is 0 Å². The van der Waals surface area contributed by atoms with Crippen molar-refractivity contribution in [3.05, 3.63) is 178 Å². The third-order valence-corrected chi connectivity index (χ3v) is 17.0. The first-order valence-electron chi connectivity index (χ1n) is 26.4. The van der Waals surface area contributed by atoms with E-state index in [2.05, 4.69) is 258 Å². The third kappa shape index (κ3) is 6.63. The molecule has 0 spiro atoms. The first-order chi connectivity index (χ1) is 33.9. The molecule has 72 heavy (non-hydrogen) atoms. The van der Waals surface area contributed by atoms with Crippen LogP contribution in [0, 0.1) is 27.7 Å². The molecule has 0 saturated carbocycles. The fourth-order valence-corrected chi connectivity index (χ4v) is 12.7. The number of hydrogen-bond donors (Lipinski definition) is 0. The van der Waals surface area contributed by atoms with E-state index in [4.69, 9.17) is 0 Å². The van der Waals surface area contributed by atoms with Crippen LogP contribution in [0.1, 0.15) is 128 Å². The van der Waals surface area contributed by atoms with Crippen LogP contribution in [0.5, 0.6) is 0 Å². The maximum Gasteiger partial charge on any atom is 0.247 e. The SMILES string of the molecule is Cc1c(C)c(-n2c3ccc(C(C)(C)C)cc3c3cc(C(C)(C)C)ccc32)c(C)c(C)c1B1c2ccccc2-n2c3ccccc3c3c(-n4c5ccc(C(C)(C)C)cc5c5cc(C(C)(C)C)ccc54)ccc1c32. The van der Waals surface area contributed by atoms with Crippen molar-refractivity contribution in [2.24, 2.45) is 0 Å². The normalized spacial score (nSPS) is 13.5. The zero-order chi connectivity index (χ0) is 50.9. The highest BCUT2D eigenvalue weighted by atomic mass is 15.0. The molecule has 0 saturated heterocycles. The first kappa shape index (κ1) is 46.3. The molecule has 0 N–H and O–H groups in total. The minimum atomic E-state index is 0.0182. The van der Waals surface area contributed by atoms with Gasteiger partial charge in [0.25, 0.3) is 0 Å². The molecule has 8 aromatic carbocycles. The van der Waals surface area contributed by atoms with E-state index in [0.717, 1.165) is 0 Å². The molecule has 1 aliphatic rings. The Morgan fingerprint density at radius 1 is 0.333 bits per heavy atom. The van der Waals surface area contributed by atoms with Crippen molar-refractivity contribution in [1.82, 2.24) is 13.7 Å². The van der Waals surface area contributed by atoms with Gasteiger partial charge in [-0.15, -0.1) is 0 Å². The summed E-state index contributed by atoms with van der Waals surface area (Å²) in [5, 5.41) is 7.85. The molecule has 0 atom stereocenters. The number of fused-ring (bicyclic) bond motifs is 11. The zero-order valence-corrected chi connectivity index (χ0v) is 45.6. The Kier molecular flexibility index (Phi) is 9.89. The number of nitrogens with zero attached hydrogens (tertiary/aromatic N) is 3. The number of aromatic nitrogens is 3. The van der Waals surface area contributed by atoms with Crippen molar-refractivity contribution < 1.29 is 0 Å². The summed E-state index contributed by atoms with van der Waals surface area (Å²) in [6, 6.07) is 52.2. The van der Waals surface area contributed by atoms with Gasteiger partial charge in [0.15, 0.2) is 0 Å². The van der Waals surface area contributed by atoms with Gasteiger partial charge < -0.3 is 13.7 Å². The molecular formula is C68H70BN3. The Labute approximate surface area is 427 Å². The summed E-state index contributed by atoms with van der Waals surface area (Å²) >= 11 is 0. The molecule has 12 rings (SSSR count). The molecule has 360 valence electrons. The van der Waals surface area contributed by atoms with E-state index in [1.165, 1.54) is 143 Å². The van der Waals surface area contributed by atoms with Crippen molar-refractivity contribution >= 4 is 88.5 Å². The lowest BCUT2D eigenvalue weighted by Crippen LogP contribution is -2.58. The highest BCUT2D eigenvalue weighted by molar-refractivity contribution is 6.98. The molecule has 4 heteroatoms. The van der Waals surface area contributed by atoms with Crippen LogP contribution in [0.2, 0.25) is 0 Å². The van der Waals surface area contributed by atoms with E-state index in [1.54, 1.807) is 0 Å². The number of benzene rings is 8. The molecule has 0 aliphatic carbocycles. The smallest absolute Gasteiger partial charge is 0.247 e. The molecular weight excluding hydrogens is 870 g/mol. The second-order valence-corrected chi connectivity index (χ2v) is 25.6. The van der Waals surface area contributed by atoms with Crippen molar-refractivity contribution in [3.8, 4) is 17.1 Å². The minimum Gasteiger partial charge on any atom is -0.310 e. The zero-order valence-electron chi connectivity index (χ0n) is 45.6. The van der Waals surface area contributed by atoms with Gasteiger partial charge in [-0.2, -0.15) is 0 Å². The van der Waals surface area contributed by atoms with Gasteiger partial charge in [-0.3, -0.25) is 0 Å². The molecule has 0 bridgehead atoms. The number of rotatable bonds is 3. The van der Waals surface area contributed by atoms with Crippen molar-refractivity contribution in [2.45, 2.75) is 132 Å². The predicted molar refractivity (Wildman–Crippen MR) is 314 cm³/mol. The fourth-order valence-electron chi connectivity index (χ4n) is 12.7. The van der Waals surface area contributed by atoms with Gasteiger partial charge in [-0.25, -0.2) is 0 Å². The number of para-hydroxylation sites is 2. The van der Waals surface area contributed by atoms with E-state index < -0.39 is 0 Å². The molecule has 0 radical (unpaired) electrons. The fraction of sp³-hybridized carbons (Fsp3) is 0.294. The summed E-state index contributed by atoms with van der Waals surface area (Å²) in [5.41, 5.74) is 26.4. The average Bonchev–Trinajstić information content (AvgIpc) is 3.97. The van der Waals surface area contributed by atoms with Crippen molar-refractivity contribution in [3.63, 3.8) is 0 Å². The summed E-state index contributed by atoms with van der Waals surface area (Å²) in [6.07, 6.45) is 0. The Morgan fingerprint density at radius 3 is 1.19 bits per heavy atom. The van der Waals surface area contributed by atoms with Crippen LogP contribution in [0.25, 0.3) is 82.5 Å². The molecule has 3 nitrogen and oxygen atoms in total. The second kappa shape index (κ2) is 15.4. The Balaban J connectivity index is 1.14.